The number of piperidine rings is 1. The van der Waals surface area contributed by atoms with Crippen molar-refractivity contribution in [1.82, 2.24) is 14.7 Å². The fourth-order valence-electron chi connectivity index (χ4n) is 6.69. The van der Waals surface area contributed by atoms with Gasteiger partial charge in [-0.2, -0.15) is 0 Å². The van der Waals surface area contributed by atoms with Crippen LogP contribution in [0, 0.1) is 5.92 Å². The number of nitrogens with zero attached hydrogens (tertiary/aromatic N) is 4. The molecule has 0 bridgehead atoms. The fourth-order valence-corrected chi connectivity index (χ4v) is 7.06. The van der Waals surface area contributed by atoms with Crippen molar-refractivity contribution in [3.63, 3.8) is 0 Å². The predicted molar refractivity (Wildman–Crippen MR) is 169 cm³/mol. The van der Waals surface area contributed by atoms with Gasteiger partial charge in [0.1, 0.15) is 5.83 Å². The van der Waals surface area contributed by atoms with E-state index in [4.69, 9.17) is 11.6 Å². The molecule has 0 spiro atoms. The number of halogens is 2. The number of likely N-dealkylation sites (N-methyl/N-ethyl adjacent to an activating group) is 1. The number of piperazine rings is 1. The molecule has 3 heterocycles. The third-order valence-corrected chi connectivity index (χ3v) is 9.90. The lowest BCUT2D eigenvalue weighted by Gasteiger charge is -2.54. The lowest BCUT2D eigenvalue weighted by atomic mass is 9.70. The largest absolute Gasteiger partial charge is 0.371 e. The molecule has 0 aromatic rings. The van der Waals surface area contributed by atoms with E-state index in [0.29, 0.717) is 35.6 Å². The van der Waals surface area contributed by atoms with Crippen LogP contribution in [0.2, 0.25) is 0 Å². The Morgan fingerprint density at radius 1 is 1.00 bits per heavy atom. The summed E-state index contributed by atoms with van der Waals surface area (Å²) in [6.07, 6.45) is 10.3. The summed E-state index contributed by atoms with van der Waals surface area (Å²) in [4.78, 5) is 11.7. The molecule has 0 unspecified atom stereocenters. The Balaban J connectivity index is 1.42. The molecule has 0 radical (unpaired) electrons. The van der Waals surface area contributed by atoms with E-state index < -0.39 is 0 Å². The van der Waals surface area contributed by atoms with Crippen LogP contribution < -0.4 is 0 Å². The maximum Gasteiger partial charge on any atom is 0.145 e. The van der Waals surface area contributed by atoms with Crippen LogP contribution in [-0.2, 0) is 0 Å². The van der Waals surface area contributed by atoms with Crippen LogP contribution in [0.25, 0.3) is 0 Å². The molecule has 0 aromatic carbocycles. The third-order valence-electron chi connectivity index (χ3n) is 9.57. The van der Waals surface area contributed by atoms with Crippen molar-refractivity contribution >= 4 is 17.8 Å². The lowest BCUT2D eigenvalue weighted by Crippen LogP contribution is -2.58. The van der Waals surface area contributed by atoms with Crippen LogP contribution in [0.5, 0.6) is 0 Å². The monoisotopic (exact) mass is 566 g/mol. The van der Waals surface area contributed by atoms with Gasteiger partial charge in [0.05, 0.1) is 16.9 Å². The highest BCUT2D eigenvalue weighted by Crippen LogP contribution is 2.44. The van der Waals surface area contributed by atoms with E-state index in [1.54, 1.807) is 0 Å². The van der Waals surface area contributed by atoms with E-state index >= 15 is 4.39 Å². The third kappa shape index (κ3) is 6.80. The van der Waals surface area contributed by atoms with Crippen LogP contribution in [0.3, 0.4) is 0 Å². The Kier molecular flexibility index (Phi) is 9.19. The number of aliphatic imine (C=N–C) groups is 1. The normalized spacial score (nSPS) is 24.7. The first kappa shape index (κ1) is 30.7. The van der Waals surface area contributed by atoms with Crippen molar-refractivity contribution < 1.29 is 4.39 Å². The molecule has 0 atom stereocenters. The van der Waals surface area contributed by atoms with Gasteiger partial charge in [0.25, 0.3) is 0 Å². The Morgan fingerprint density at radius 3 is 2.23 bits per heavy atom. The standard InChI is InChI=1S/C34H48ClFN4/c1-23(27-20-33(4,5)39(9)34(6,7)21-27)17-28-24(2)18-31(37-22-30(28)36)25(3)16-26-10-11-32(29(35)19-26)40-14-12-38(8)13-15-40/h18-19,22,27H,1-3,10-17,20-21H2,4-9H3. The minimum absolute atomic E-state index is 0.0478. The Bertz CT molecular complexity index is 1200. The fraction of sp³-hybridized carbons (Fsp3) is 0.559. The highest BCUT2D eigenvalue weighted by Gasteiger charge is 2.43. The zero-order valence-electron chi connectivity index (χ0n) is 25.5. The summed E-state index contributed by atoms with van der Waals surface area (Å²) in [5.41, 5.74) is 6.38. The highest BCUT2D eigenvalue weighted by molar-refractivity contribution is 6.31. The van der Waals surface area contributed by atoms with Gasteiger partial charge < -0.3 is 9.80 Å². The molecule has 0 amide bonds. The number of hydrogen-bond donors (Lipinski definition) is 0. The molecule has 3 aliphatic heterocycles. The van der Waals surface area contributed by atoms with E-state index in [1.165, 1.54) is 17.5 Å². The summed E-state index contributed by atoms with van der Waals surface area (Å²) in [6, 6.07) is 0. The van der Waals surface area contributed by atoms with E-state index in [-0.39, 0.29) is 16.9 Å². The smallest absolute Gasteiger partial charge is 0.145 e. The maximum absolute atomic E-state index is 15.4. The van der Waals surface area contributed by atoms with Gasteiger partial charge in [0, 0.05) is 48.5 Å². The van der Waals surface area contributed by atoms with Gasteiger partial charge in [-0.15, -0.1) is 0 Å². The van der Waals surface area contributed by atoms with Crippen molar-refractivity contribution in [2.45, 2.75) is 77.3 Å². The number of likely N-dealkylation sites (tertiary alicyclic amines) is 1. The first-order chi connectivity index (χ1) is 18.7. The number of rotatable bonds is 7. The molecule has 0 saturated carbocycles. The predicted octanol–water partition coefficient (Wildman–Crippen LogP) is 7.94. The number of hydrogen-bond acceptors (Lipinski definition) is 4. The van der Waals surface area contributed by atoms with Gasteiger partial charge in [0.15, 0.2) is 0 Å². The summed E-state index contributed by atoms with van der Waals surface area (Å²) < 4.78 is 15.4. The molecular weight excluding hydrogens is 519 g/mol. The Morgan fingerprint density at radius 2 is 1.62 bits per heavy atom. The van der Waals surface area contributed by atoms with Crippen molar-refractivity contribution in [2.75, 3.05) is 40.3 Å². The second-order valence-electron chi connectivity index (χ2n) is 13.4. The molecule has 2 saturated heterocycles. The maximum atomic E-state index is 15.4. The Labute approximate surface area is 247 Å². The van der Waals surface area contributed by atoms with Crippen LogP contribution >= 0.6 is 11.6 Å². The minimum atomic E-state index is -0.337. The number of allylic oxidation sites excluding steroid dienone is 10. The molecule has 218 valence electrons. The van der Waals surface area contributed by atoms with Crippen molar-refractivity contribution in [2.24, 2.45) is 10.9 Å². The Hall–Kier alpha value is -2.21. The van der Waals surface area contributed by atoms with E-state index in [1.807, 2.05) is 6.08 Å². The molecule has 2 fully saturated rings. The van der Waals surface area contributed by atoms with Crippen LogP contribution in [0.15, 0.2) is 87.0 Å². The van der Waals surface area contributed by atoms with Gasteiger partial charge in [0.2, 0.25) is 0 Å². The molecule has 0 aromatic heterocycles. The lowest BCUT2D eigenvalue weighted by molar-refractivity contribution is -0.0221. The van der Waals surface area contributed by atoms with Gasteiger partial charge in [-0.25, -0.2) is 4.39 Å². The van der Waals surface area contributed by atoms with Crippen LogP contribution in [0.4, 0.5) is 4.39 Å². The van der Waals surface area contributed by atoms with Gasteiger partial charge >= 0.3 is 0 Å². The molecule has 1 aliphatic carbocycles. The molecule has 6 heteroatoms. The van der Waals surface area contributed by atoms with Crippen LogP contribution in [-0.4, -0.2) is 72.3 Å². The summed E-state index contributed by atoms with van der Waals surface area (Å²) in [7, 11) is 4.36. The first-order valence-corrected chi connectivity index (χ1v) is 15.0. The average molecular weight is 567 g/mol. The van der Waals surface area contributed by atoms with Gasteiger partial charge in [-0.3, -0.25) is 9.89 Å². The van der Waals surface area contributed by atoms with E-state index in [2.05, 4.69) is 87.3 Å². The quantitative estimate of drug-likeness (QED) is 0.292. The second-order valence-corrected chi connectivity index (χ2v) is 13.8. The summed E-state index contributed by atoms with van der Waals surface area (Å²) in [6.45, 7) is 26.3. The van der Waals surface area contributed by atoms with E-state index in [0.717, 1.165) is 68.0 Å². The molecule has 4 aliphatic rings. The van der Waals surface area contributed by atoms with Crippen molar-refractivity contribution in [1.29, 1.82) is 0 Å². The minimum Gasteiger partial charge on any atom is -0.371 e. The van der Waals surface area contributed by atoms with Crippen molar-refractivity contribution in [3.8, 4) is 0 Å². The topological polar surface area (TPSA) is 22.1 Å². The molecular formula is C34H48ClFN4. The zero-order valence-corrected chi connectivity index (χ0v) is 26.3. The molecule has 40 heavy (non-hydrogen) atoms. The summed E-state index contributed by atoms with van der Waals surface area (Å²) >= 11 is 6.75. The van der Waals surface area contributed by atoms with Gasteiger partial charge in [-0.1, -0.05) is 42.5 Å². The van der Waals surface area contributed by atoms with Crippen molar-refractivity contribution in [3.05, 3.63) is 82.0 Å². The molecule has 4 rings (SSSR count). The molecule has 4 nitrogen and oxygen atoms in total. The molecule has 0 N–H and O–H groups in total. The SMILES string of the molecule is C=C1C=C(C(=C)CC2=CC(Cl)=C(N3CCN(C)CC3)CC2)N=CC(F)=C1CC(=C)C1CC(C)(C)N(C)C(C)(C)C1. The van der Waals surface area contributed by atoms with Crippen LogP contribution in [0.1, 0.15) is 66.2 Å². The summed E-state index contributed by atoms with van der Waals surface area (Å²) in [5.74, 6) is -0.0176. The summed E-state index contributed by atoms with van der Waals surface area (Å²) in [5, 5.41) is 0.829. The van der Waals surface area contributed by atoms with Gasteiger partial charge in [-0.05, 0) is 110 Å². The highest BCUT2D eigenvalue weighted by atomic mass is 35.5. The first-order valence-electron chi connectivity index (χ1n) is 14.6. The van der Waals surface area contributed by atoms with E-state index in [9.17, 15) is 0 Å². The average Bonchev–Trinajstić information content (AvgIpc) is 3.01. The zero-order chi connectivity index (χ0) is 29.4. The second kappa shape index (κ2) is 12.0.